The fraction of sp³-hybridized carbons (Fsp3) is 0.389. The molecular weight excluding hydrogens is 282 g/mol. The summed E-state index contributed by atoms with van der Waals surface area (Å²) < 4.78 is 0. The van der Waals surface area contributed by atoms with Gasteiger partial charge < -0.3 is 5.11 Å². The molecule has 1 heterocycles. The van der Waals surface area contributed by atoms with Gasteiger partial charge in [-0.1, -0.05) is 49.1 Å². The van der Waals surface area contributed by atoms with E-state index in [4.69, 9.17) is 11.6 Å². The van der Waals surface area contributed by atoms with Crippen LogP contribution in [0.25, 0.3) is 0 Å². The van der Waals surface area contributed by atoms with Crippen LogP contribution in [-0.2, 0) is 5.60 Å². The van der Waals surface area contributed by atoms with Crippen LogP contribution >= 0.6 is 11.6 Å². The fourth-order valence-corrected chi connectivity index (χ4v) is 3.58. The van der Waals surface area contributed by atoms with E-state index in [1.165, 1.54) is 19.3 Å². The molecular formula is C18H20ClNO. The van der Waals surface area contributed by atoms with Crippen molar-refractivity contribution in [1.82, 2.24) is 4.98 Å². The molecule has 1 unspecified atom stereocenters. The van der Waals surface area contributed by atoms with Gasteiger partial charge >= 0.3 is 0 Å². The van der Waals surface area contributed by atoms with Gasteiger partial charge in [-0.15, -0.1) is 0 Å². The number of aromatic nitrogens is 1. The molecule has 0 radical (unpaired) electrons. The topological polar surface area (TPSA) is 33.1 Å². The standard InChI is InChI=1S/C18H20ClNO/c19-17-10-8-15(9-11-17)18(21,14-5-2-1-3-6-14)16-7-4-12-20-13-16/h4,7-14,21H,1-3,5-6H2. The van der Waals surface area contributed by atoms with Crippen LogP contribution in [0.5, 0.6) is 0 Å². The molecule has 1 aromatic carbocycles. The number of benzene rings is 1. The molecule has 21 heavy (non-hydrogen) atoms. The molecule has 2 nitrogen and oxygen atoms in total. The minimum atomic E-state index is -0.973. The molecule has 1 aromatic heterocycles. The molecule has 110 valence electrons. The summed E-state index contributed by atoms with van der Waals surface area (Å²) in [5.74, 6) is 0.233. The maximum Gasteiger partial charge on any atom is 0.119 e. The lowest BCUT2D eigenvalue weighted by molar-refractivity contribution is -0.000989. The summed E-state index contributed by atoms with van der Waals surface area (Å²) in [7, 11) is 0. The molecule has 0 amide bonds. The van der Waals surface area contributed by atoms with Crippen molar-refractivity contribution in [1.29, 1.82) is 0 Å². The van der Waals surface area contributed by atoms with Gasteiger partial charge in [-0.05, 0) is 42.5 Å². The Balaban J connectivity index is 2.07. The van der Waals surface area contributed by atoms with Crippen LogP contribution in [0, 0.1) is 5.92 Å². The van der Waals surface area contributed by atoms with E-state index in [-0.39, 0.29) is 5.92 Å². The first-order valence-corrected chi connectivity index (χ1v) is 7.98. The number of halogens is 1. The van der Waals surface area contributed by atoms with Gasteiger partial charge in [0.15, 0.2) is 0 Å². The monoisotopic (exact) mass is 301 g/mol. The molecule has 1 saturated carbocycles. The summed E-state index contributed by atoms with van der Waals surface area (Å²) in [6.07, 6.45) is 9.25. The number of rotatable bonds is 3. The molecule has 1 atom stereocenters. The van der Waals surface area contributed by atoms with E-state index in [0.29, 0.717) is 5.02 Å². The summed E-state index contributed by atoms with van der Waals surface area (Å²) in [5.41, 5.74) is 0.810. The third-order valence-corrected chi connectivity index (χ3v) is 4.83. The number of aliphatic hydroxyl groups is 1. The highest BCUT2D eigenvalue weighted by atomic mass is 35.5. The van der Waals surface area contributed by atoms with Gasteiger partial charge in [0.25, 0.3) is 0 Å². The summed E-state index contributed by atoms with van der Waals surface area (Å²) >= 11 is 6.00. The quantitative estimate of drug-likeness (QED) is 0.902. The Morgan fingerprint density at radius 1 is 1.00 bits per heavy atom. The van der Waals surface area contributed by atoms with Crippen molar-refractivity contribution in [3.8, 4) is 0 Å². The van der Waals surface area contributed by atoms with Gasteiger partial charge in [0.1, 0.15) is 5.60 Å². The van der Waals surface area contributed by atoms with Gasteiger partial charge in [0, 0.05) is 23.0 Å². The number of hydrogen-bond donors (Lipinski definition) is 1. The third-order valence-electron chi connectivity index (χ3n) is 4.58. The second kappa shape index (κ2) is 6.17. The predicted molar refractivity (Wildman–Crippen MR) is 85.3 cm³/mol. The number of hydrogen-bond acceptors (Lipinski definition) is 2. The Hall–Kier alpha value is -1.38. The van der Waals surface area contributed by atoms with Crippen molar-refractivity contribution in [2.75, 3.05) is 0 Å². The molecule has 3 rings (SSSR count). The summed E-state index contributed by atoms with van der Waals surface area (Å²) in [6.45, 7) is 0. The molecule has 0 bridgehead atoms. The minimum absolute atomic E-state index is 0.233. The Labute approximate surface area is 130 Å². The van der Waals surface area contributed by atoms with E-state index < -0.39 is 5.60 Å². The third kappa shape index (κ3) is 2.83. The second-order valence-corrected chi connectivity index (χ2v) is 6.29. The van der Waals surface area contributed by atoms with Crippen LogP contribution < -0.4 is 0 Å². The van der Waals surface area contributed by atoms with Crippen LogP contribution in [0.2, 0.25) is 5.02 Å². The van der Waals surface area contributed by atoms with Gasteiger partial charge in [0.2, 0.25) is 0 Å². The first-order valence-electron chi connectivity index (χ1n) is 7.60. The molecule has 1 aliphatic rings. The molecule has 1 fully saturated rings. The molecule has 0 saturated heterocycles. The van der Waals surface area contributed by atoms with Crippen molar-refractivity contribution >= 4 is 11.6 Å². The Bertz CT molecular complexity index is 578. The maximum atomic E-state index is 11.6. The number of nitrogens with zero attached hydrogens (tertiary/aromatic N) is 1. The zero-order valence-corrected chi connectivity index (χ0v) is 12.8. The van der Waals surface area contributed by atoms with E-state index in [0.717, 1.165) is 24.0 Å². The highest BCUT2D eigenvalue weighted by Crippen LogP contribution is 2.43. The summed E-state index contributed by atoms with van der Waals surface area (Å²) in [6, 6.07) is 11.4. The van der Waals surface area contributed by atoms with Crippen LogP contribution in [0.15, 0.2) is 48.8 Å². The largest absolute Gasteiger partial charge is 0.380 e. The highest BCUT2D eigenvalue weighted by molar-refractivity contribution is 6.30. The smallest absolute Gasteiger partial charge is 0.119 e. The average Bonchev–Trinajstić information content (AvgIpc) is 2.56. The van der Waals surface area contributed by atoms with Gasteiger partial charge in [-0.3, -0.25) is 4.98 Å². The van der Waals surface area contributed by atoms with Crippen LogP contribution in [-0.4, -0.2) is 10.1 Å². The molecule has 0 aliphatic heterocycles. The normalized spacial score (nSPS) is 19.1. The molecule has 3 heteroatoms. The number of pyridine rings is 1. The Morgan fingerprint density at radius 3 is 2.33 bits per heavy atom. The molecule has 2 aromatic rings. The lowest BCUT2D eigenvalue weighted by atomic mass is 9.70. The van der Waals surface area contributed by atoms with Crippen molar-refractivity contribution in [3.05, 3.63) is 64.9 Å². The molecule has 1 aliphatic carbocycles. The van der Waals surface area contributed by atoms with Crippen molar-refractivity contribution in [2.45, 2.75) is 37.7 Å². The lowest BCUT2D eigenvalue weighted by Gasteiger charge is -2.39. The zero-order chi connectivity index (χ0) is 14.7. The Morgan fingerprint density at radius 2 is 1.71 bits per heavy atom. The van der Waals surface area contributed by atoms with Crippen LogP contribution in [0.4, 0.5) is 0 Å². The minimum Gasteiger partial charge on any atom is -0.380 e. The van der Waals surface area contributed by atoms with Crippen molar-refractivity contribution in [2.24, 2.45) is 5.92 Å². The van der Waals surface area contributed by atoms with Gasteiger partial charge in [0.05, 0.1) is 0 Å². The zero-order valence-electron chi connectivity index (χ0n) is 12.0. The lowest BCUT2D eigenvalue weighted by Crippen LogP contribution is -2.37. The van der Waals surface area contributed by atoms with E-state index >= 15 is 0 Å². The first-order chi connectivity index (χ1) is 10.2. The predicted octanol–water partition coefficient (Wildman–Crippen LogP) is 4.55. The van der Waals surface area contributed by atoms with Crippen LogP contribution in [0.1, 0.15) is 43.2 Å². The molecule has 0 spiro atoms. The van der Waals surface area contributed by atoms with E-state index in [1.54, 1.807) is 12.4 Å². The highest BCUT2D eigenvalue weighted by Gasteiger charge is 2.40. The average molecular weight is 302 g/mol. The first kappa shape index (κ1) is 14.6. The van der Waals surface area contributed by atoms with Gasteiger partial charge in [-0.25, -0.2) is 0 Å². The van der Waals surface area contributed by atoms with Crippen molar-refractivity contribution < 1.29 is 5.11 Å². The van der Waals surface area contributed by atoms with E-state index in [1.807, 2.05) is 36.4 Å². The van der Waals surface area contributed by atoms with E-state index in [2.05, 4.69) is 4.98 Å². The summed E-state index contributed by atoms with van der Waals surface area (Å²) in [5, 5.41) is 12.3. The van der Waals surface area contributed by atoms with Crippen molar-refractivity contribution in [3.63, 3.8) is 0 Å². The van der Waals surface area contributed by atoms with E-state index in [9.17, 15) is 5.11 Å². The summed E-state index contributed by atoms with van der Waals surface area (Å²) in [4.78, 5) is 4.20. The second-order valence-electron chi connectivity index (χ2n) is 5.85. The van der Waals surface area contributed by atoms with Gasteiger partial charge in [-0.2, -0.15) is 0 Å². The maximum absolute atomic E-state index is 11.6. The molecule has 1 N–H and O–H groups in total. The fourth-order valence-electron chi connectivity index (χ4n) is 3.45. The van der Waals surface area contributed by atoms with Crippen LogP contribution in [0.3, 0.4) is 0 Å². The SMILES string of the molecule is OC(c1ccc(Cl)cc1)(c1cccnc1)C1CCCCC1. The Kier molecular flexibility index (Phi) is 4.27.